The molecule has 2 rings (SSSR count). The molecule has 0 bridgehead atoms. The molecule has 124 valence electrons. The van der Waals surface area contributed by atoms with Crippen LogP contribution in [0.3, 0.4) is 0 Å². The summed E-state index contributed by atoms with van der Waals surface area (Å²) in [7, 11) is 0. The molecule has 1 aromatic heterocycles. The van der Waals surface area contributed by atoms with Crippen molar-refractivity contribution >= 4 is 5.91 Å². The summed E-state index contributed by atoms with van der Waals surface area (Å²) in [5.41, 5.74) is 1.08. The zero-order valence-corrected chi connectivity index (χ0v) is 13.8. The maximum Gasteiger partial charge on any atom is 0.287 e. The number of furan rings is 1. The van der Waals surface area contributed by atoms with E-state index in [0.717, 1.165) is 22.8 Å². The molecule has 0 aliphatic carbocycles. The zero-order valence-electron chi connectivity index (χ0n) is 13.8. The van der Waals surface area contributed by atoms with Crippen LogP contribution >= 0.6 is 0 Å². The predicted molar refractivity (Wildman–Crippen MR) is 88.3 cm³/mol. The van der Waals surface area contributed by atoms with Gasteiger partial charge in [-0.15, -0.1) is 0 Å². The van der Waals surface area contributed by atoms with E-state index in [-0.39, 0.29) is 5.91 Å². The second kappa shape index (κ2) is 8.27. The van der Waals surface area contributed by atoms with Gasteiger partial charge in [-0.25, -0.2) is 0 Å². The molecule has 1 aromatic carbocycles. The summed E-state index contributed by atoms with van der Waals surface area (Å²) in [6, 6.07) is 9.29. The molecule has 2 aromatic rings. The quantitative estimate of drug-likeness (QED) is 0.811. The summed E-state index contributed by atoms with van der Waals surface area (Å²) in [5, 5.41) is 2.85. The van der Waals surface area contributed by atoms with E-state index in [2.05, 4.69) is 5.32 Å². The van der Waals surface area contributed by atoms with Crippen molar-refractivity contribution in [2.75, 3.05) is 19.8 Å². The Hall–Kier alpha value is -2.43. The molecule has 1 heterocycles. The summed E-state index contributed by atoms with van der Waals surface area (Å²) < 4.78 is 16.4. The van der Waals surface area contributed by atoms with Gasteiger partial charge < -0.3 is 19.2 Å². The van der Waals surface area contributed by atoms with Gasteiger partial charge in [-0.2, -0.15) is 0 Å². The minimum atomic E-state index is -0.200. The smallest absolute Gasteiger partial charge is 0.287 e. The molecule has 0 spiro atoms. The van der Waals surface area contributed by atoms with Crippen LogP contribution in [0.5, 0.6) is 11.5 Å². The topological polar surface area (TPSA) is 60.7 Å². The Morgan fingerprint density at radius 3 is 2.48 bits per heavy atom. The predicted octanol–water partition coefficient (Wildman–Crippen LogP) is 3.36. The fourth-order valence-electron chi connectivity index (χ4n) is 2.22. The van der Waals surface area contributed by atoms with Gasteiger partial charge in [0.05, 0.1) is 13.2 Å². The van der Waals surface area contributed by atoms with Gasteiger partial charge in [-0.3, -0.25) is 4.79 Å². The highest BCUT2D eigenvalue weighted by Gasteiger charge is 2.10. The third-order valence-electron chi connectivity index (χ3n) is 3.27. The number of rotatable bonds is 8. The number of benzene rings is 1. The van der Waals surface area contributed by atoms with Crippen molar-refractivity contribution in [1.29, 1.82) is 0 Å². The van der Waals surface area contributed by atoms with Gasteiger partial charge in [0, 0.05) is 6.54 Å². The number of carbonyl (C=O) groups is 1. The summed E-state index contributed by atoms with van der Waals surface area (Å²) in [6.45, 7) is 7.39. The Labute approximate surface area is 136 Å². The third-order valence-corrected chi connectivity index (χ3v) is 3.27. The van der Waals surface area contributed by atoms with Crippen molar-refractivity contribution in [2.24, 2.45) is 0 Å². The van der Waals surface area contributed by atoms with Crippen LogP contribution in [0.2, 0.25) is 0 Å². The molecule has 0 radical (unpaired) electrons. The number of hydrogen-bond donors (Lipinski definition) is 1. The van der Waals surface area contributed by atoms with Gasteiger partial charge in [-0.1, -0.05) is 6.07 Å². The molecular formula is C18H23NO4. The van der Waals surface area contributed by atoms with Gasteiger partial charge in [0.2, 0.25) is 0 Å². The number of aryl methyl sites for hydroxylation is 1. The summed E-state index contributed by atoms with van der Waals surface area (Å²) in [6.07, 6.45) is 0.706. The van der Waals surface area contributed by atoms with Crippen molar-refractivity contribution in [2.45, 2.75) is 27.2 Å². The first kappa shape index (κ1) is 16.9. The second-order valence-electron chi connectivity index (χ2n) is 5.06. The lowest BCUT2D eigenvalue weighted by atomic mass is 10.1. The fraction of sp³-hybridized carbons (Fsp3) is 0.389. The number of ether oxygens (including phenoxy) is 2. The number of carbonyl (C=O) groups excluding carboxylic acids is 1. The average Bonchev–Trinajstić information content (AvgIpc) is 2.97. The molecule has 0 saturated carbocycles. The van der Waals surface area contributed by atoms with Gasteiger partial charge in [-0.05, 0) is 57.0 Å². The molecule has 0 fully saturated rings. The van der Waals surface area contributed by atoms with Gasteiger partial charge in [0.1, 0.15) is 5.76 Å². The molecule has 0 saturated heterocycles. The van der Waals surface area contributed by atoms with Crippen LogP contribution in [-0.2, 0) is 6.42 Å². The van der Waals surface area contributed by atoms with Gasteiger partial charge >= 0.3 is 0 Å². The third kappa shape index (κ3) is 4.77. The molecule has 1 N–H and O–H groups in total. The first-order valence-corrected chi connectivity index (χ1v) is 7.87. The first-order chi connectivity index (χ1) is 11.1. The summed E-state index contributed by atoms with van der Waals surface area (Å²) >= 11 is 0. The molecule has 5 nitrogen and oxygen atoms in total. The van der Waals surface area contributed by atoms with Crippen molar-refractivity contribution in [3.8, 4) is 11.5 Å². The van der Waals surface area contributed by atoms with Crippen molar-refractivity contribution in [3.05, 3.63) is 47.4 Å². The summed E-state index contributed by atoms with van der Waals surface area (Å²) in [5.74, 6) is 2.34. The zero-order chi connectivity index (χ0) is 16.7. The van der Waals surface area contributed by atoms with Crippen LogP contribution in [-0.4, -0.2) is 25.7 Å². The molecular weight excluding hydrogens is 294 g/mol. The van der Waals surface area contributed by atoms with E-state index in [1.807, 2.05) is 39.0 Å². The number of nitrogens with one attached hydrogen (secondary N) is 1. The van der Waals surface area contributed by atoms with Gasteiger partial charge in [0.15, 0.2) is 17.3 Å². The van der Waals surface area contributed by atoms with E-state index in [1.165, 1.54) is 0 Å². The highest BCUT2D eigenvalue weighted by molar-refractivity contribution is 5.91. The fourth-order valence-corrected chi connectivity index (χ4v) is 2.22. The first-order valence-electron chi connectivity index (χ1n) is 7.87. The lowest BCUT2D eigenvalue weighted by Gasteiger charge is -2.12. The molecule has 0 atom stereocenters. The minimum absolute atomic E-state index is 0.200. The Balaban J connectivity index is 1.92. The Morgan fingerprint density at radius 1 is 1.09 bits per heavy atom. The maximum absolute atomic E-state index is 11.9. The Morgan fingerprint density at radius 2 is 1.83 bits per heavy atom. The molecule has 1 amide bonds. The molecule has 23 heavy (non-hydrogen) atoms. The van der Waals surface area contributed by atoms with Crippen molar-refractivity contribution in [3.63, 3.8) is 0 Å². The van der Waals surface area contributed by atoms with E-state index < -0.39 is 0 Å². The lowest BCUT2D eigenvalue weighted by Crippen LogP contribution is -2.25. The Bertz CT molecular complexity index is 648. The summed E-state index contributed by atoms with van der Waals surface area (Å²) in [4.78, 5) is 11.9. The van der Waals surface area contributed by atoms with E-state index in [1.54, 1.807) is 12.1 Å². The van der Waals surface area contributed by atoms with Crippen LogP contribution in [0.4, 0.5) is 0 Å². The van der Waals surface area contributed by atoms with E-state index in [0.29, 0.717) is 31.9 Å². The second-order valence-corrected chi connectivity index (χ2v) is 5.06. The lowest BCUT2D eigenvalue weighted by molar-refractivity contribution is 0.0925. The van der Waals surface area contributed by atoms with Crippen molar-refractivity contribution < 1.29 is 18.7 Å². The van der Waals surface area contributed by atoms with E-state index in [9.17, 15) is 4.79 Å². The van der Waals surface area contributed by atoms with Crippen LogP contribution in [0.15, 0.2) is 34.7 Å². The highest BCUT2D eigenvalue weighted by Crippen LogP contribution is 2.28. The SMILES string of the molecule is CCOc1ccc(CCNC(=O)c2ccc(C)o2)cc1OCC. The Kier molecular flexibility index (Phi) is 6.09. The number of amides is 1. The van der Waals surface area contributed by atoms with Crippen LogP contribution < -0.4 is 14.8 Å². The van der Waals surface area contributed by atoms with Gasteiger partial charge in [0.25, 0.3) is 5.91 Å². The van der Waals surface area contributed by atoms with Crippen LogP contribution in [0, 0.1) is 6.92 Å². The highest BCUT2D eigenvalue weighted by atomic mass is 16.5. The van der Waals surface area contributed by atoms with Crippen LogP contribution in [0.1, 0.15) is 35.7 Å². The monoisotopic (exact) mass is 317 g/mol. The number of hydrogen-bond acceptors (Lipinski definition) is 4. The molecule has 0 unspecified atom stereocenters. The molecule has 5 heteroatoms. The normalized spacial score (nSPS) is 10.4. The molecule has 0 aliphatic heterocycles. The van der Waals surface area contributed by atoms with Crippen molar-refractivity contribution in [1.82, 2.24) is 5.32 Å². The largest absolute Gasteiger partial charge is 0.490 e. The average molecular weight is 317 g/mol. The maximum atomic E-state index is 11.9. The molecule has 0 aliphatic rings. The van der Waals surface area contributed by atoms with Crippen LogP contribution in [0.25, 0.3) is 0 Å². The van der Waals surface area contributed by atoms with E-state index >= 15 is 0 Å². The standard InChI is InChI=1S/C18H23NO4/c1-4-21-15-9-7-14(12-17(15)22-5-2)10-11-19-18(20)16-8-6-13(3)23-16/h6-9,12H,4-5,10-11H2,1-3H3,(H,19,20). The minimum Gasteiger partial charge on any atom is -0.490 e. The van der Waals surface area contributed by atoms with E-state index in [4.69, 9.17) is 13.9 Å².